The van der Waals surface area contributed by atoms with Crippen LogP contribution in [-0.2, 0) is 0 Å². The summed E-state index contributed by atoms with van der Waals surface area (Å²) in [5, 5.41) is 0. The van der Waals surface area contributed by atoms with Crippen molar-refractivity contribution < 1.29 is 4.80 Å². The van der Waals surface area contributed by atoms with Gasteiger partial charge in [-0.3, -0.25) is 0 Å². The Morgan fingerprint density at radius 2 is 1.56 bits per heavy atom. The van der Waals surface area contributed by atoms with Gasteiger partial charge in [0.05, 0.1) is 9.76 Å². The molecule has 0 atom stereocenters. The van der Waals surface area contributed by atoms with E-state index in [1.165, 1.54) is 0 Å². The molecule has 0 aromatic heterocycles. The van der Waals surface area contributed by atoms with E-state index in [1.807, 2.05) is 0 Å². The molecular weight excluding hydrogens is 144 g/mol. The molecule has 0 unspecified atom stereocenters. The van der Waals surface area contributed by atoms with Gasteiger partial charge in [0, 0.05) is 0 Å². The minimum atomic E-state index is -1.90. The Bertz CT molecular complexity index is 65.5. The molecular formula is C6H15OSi2. The van der Waals surface area contributed by atoms with Crippen LogP contribution in [0.4, 0.5) is 0 Å². The van der Waals surface area contributed by atoms with Crippen LogP contribution in [0.25, 0.3) is 0 Å². The highest BCUT2D eigenvalue weighted by molar-refractivity contribution is 7.12. The standard InChI is InChI=1S/C6H15OSi2/c1-3-5-9(7,8)6-4-2/h7H,3-6H2,1-2H3. The van der Waals surface area contributed by atoms with Gasteiger partial charge in [-0.1, -0.05) is 26.7 Å². The summed E-state index contributed by atoms with van der Waals surface area (Å²) in [5.74, 6) is 0. The molecule has 1 N–H and O–H groups in total. The topological polar surface area (TPSA) is 20.2 Å². The van der Waals surface area contributed by atoms with Gasteiger partial charge in [-0.25, -0.2) is 0 Å². The zero-order valence-electron chi connectivity index (χ0n) is 6.28. The van der Waals surface area contributed by atoms with Gasteiger partial charge in [0.1, 0.15) is 0 Å². The second-order valence-electron chi connectivity index (χ2n) is 2.53. The summed E-state index contributed by atoms with van der Waals surface area (Å²) >= 11 is 0. The first-order valence-electron chi connectivity index (χ1n) is 3.59. The maximum absolute atomic E-state index is 9.57. The third-order valence-electron chi connectivity index (χ3n) is 1.33. The van der Waals surface area contributed by atoms with Gasteiger partial charge < -0.3 is 4.80 Å². The zero-order valence-corrected chi connectivity index (χ0v) is 8.28. The van der Waals surface area contributed by atoms with E-state index in [-0.39, 0.29) is 0 Å². The quantitative estimate of drug-likeness (QED) is 0.615. The summed E-state index contributed by atoms with van der Waals surface area (Å²) in [5.41, 5.74) is 0. The third-order valence-corrected chi connectivity index (χ3v) is 5.48. The Morgan fingerprint density at radius 3 is 1.78 bits per heavy atom. The molecule has 0 aromatic rings. The average Bonchev–Trinajstić information content (AvgIpc) is 1.64. The van der Waals surface area contributed by atoms with Crippen LogP contribution in [0.1, 0.15) is 26.7 Å². The molecule has 0 saturated heterocycles. The Hall–Kier alpha value is 0.394. The van der Waals surface area contributed by atoms with E-state index in [0.29, 0.717) is 0 Å². The minimum Gasteiger partial charge on any atom is -0.435 e. The van der Waals surface area contributed by atoms with Crippen molar-refractivity contribution in [1.29, 1.82) is 0 Å². The lowest BCUT2D eigenvalue weighted by Crippen LogP contribution is -2.34. The molecule has 0 saturated carbocycles. The molecule has 3 radical (unpaired) electrons. The fraction of sp³-hybridized carbons (Fsp3) is 1.00. The maximum Gasteiger partial charge on any atom is 0.166 e. The Morgan fingerprint density at radius 1 is 1.22 bits per heavy atom. The molecule has 53 valence electrons. The summed E-state index contributed by atoms with van der Waals surface area (Å²) in [6.07, 6.45) is 2.18. The zero-order chi connectivity index (χ0) is 7.33. The lowest BCUT2D eigenvalue weighted by molar-refractivity contribution is 0.549. The van der Waals surface area contributed by atoms with E-state index in [9.17, 15) is 4.80 Å². The van der Waals surface area contributed by atoms with E-state index in [1.54, 1.807) is 0 Å². The van der Waals surface area contributed by atoms with Gasteiger partial charge >= 0.3 is 0 Å². The summed E-state index contributed by atoms with van der Waals surface area (Å²) in [7, 11) is 1.55. The normalized spacial score (nSPS) is 12.0. The molecule has 0 aromatic carbocycles. The van der Waals surface area contributed by atoms with Crippen molar-refractivity contribution in [2.75, 3.05) is 0 Å². The summed E-state index contributed by atoms with van der Waals surface area (Å²) < 4.78 is 0. The predicted molar refractivity (Wildman–Crippen MR) is 43.9 cm³/mol. The molecule has 0 bridgehead atoms. The van der Waals surface area contributed by atoms with Crippen molar-refractivity contribution >= 4 is 17.6 Å². The SMILES string of the molecule is CCC[Si](O)([Si])CCC. The highest BCUT2D eigenvalue weighted by Gasteiger charge is 2.20. The largest absolute Gasteiger partial charge is 0.435 e. The predicted octanol–water partition coefficient (Wildman–Crippen LogP) is 1.41. The van der Waals surface area contributed by atoms with E-state index < -0.39 is 7.83 Å². The Labute approximate surface area is 61.8 Å². The van der Waals surface area contributed by atoms with Gasteiger partial charge in [-0.15, -0.1) is 0 Å². The van der Waals surface area contributed by atoms with Crippen LogP contribution in [0.15, 0.2) is 0 Å². The first kappa shape index (κ1) is 9.39. The van der Waals surface area contributed by atoms with Crippen molar-refractivity contribution in [3.05, 3.63) is 0 Å². The Kier molecular flexibility index (Phi) is 4.43. The van der Waals surface area contributed by atoms with Gasteiger partial charge in [-0.2, -0.15) is 0 Å². The van der Waals surface area contributed by atoms with Crippen LogP contribution in [0, 0.1) is 0 Å². The van der Waals surface area contributed by atoms with Crippen LogP contribution < -0.4 is 0 Å². The van der Waals surface area contributed by atoms with Gasteiger partial charge in [0.25, 0.3) is 0 Å². The molecule has 0 amide bonds. The Balaban J connectivity index is 3.43. The molecule has 3 heteroatoms. The second kappa shape index (κ2) is 4.25. The average molecular weight is 159 g/mol. The van der Waals surface area contributed by atoms with Gasteiger partial charge in [0.2, 0.25) is 0 Å². The van der Waals surface area contributed by atoms with E-state index >= 15 is 0 Å². The molecule has 0 spiro atoms. The monoisotopic (exact) mass is 159 g/mol. The molecule has 0 aliphatic carbocycles. The van der Waals surface area contributed by atoms with Crippen molar-refractivity contribution in [1.82, 2.24) is 0 Å². The third kappa shape index (κ3) is 4.87. The number of rotatable bonds is 4. The lowest BCUT2D eigenvalue weighted by atomic mass is 10.6. The van der Waals surface area contributed by atoms with Crippen LogP contribution >= 0.6 is 0 Å². The molecule has 0 aliphatic heterocycles. The van der Waals surface area contributed by atoms with Crippen LogP contribution in [0.5, 0.6) is 0 Å². The molecule has 0 aliphatic rings. The van der Waals surface area contributed by atoms with Gasteiger partial charge in [0.15, 0.2) is 7.83 Å². The molecule has 0 heterocycles. The van der Waals surface area contributed by atoms with Crippen molar-refractivity contribution in [2.24, 2.45) is 0 Å². The van der Waals surface area contributed by atoms with Crippen molar-refractivity contribution in [3.8, 4) is 0 Å². The first-order valence-corrected chi connectivity index (χ1v) is 7.46. The molecule has 0 rings (SSSR count). The lowest BCUT2D eigenvalue weighted by Gasteiger charge is -2.17. The number of hydrogen-bond donors (Lipinski definition) is 1. The summed E-state index contributed by atoms with van der Waals surface area (Å²) in [4.78, 5) is 9.57. The fourth-order valence-corrected chi connectivity index (χ4v) is 4.36. The molecule has 1 nitrogen and oxygen atoms in total. The van der Waals surface area contributed by atoms with Crippen LogP contribution in [0.2, 0.25) is 12.1 Å². The van der Waals surface area contributed by atoms with E-state index in [0.717, 1.165) is 24.9 Å². The maximum atomic E-state index is 9.57. The fourth-order valence-electron chi connectivity index (χ4n) is 0.952. The first-order chi connectivity index (χ1) is 4.12. The summed E-state index contributed by atoms with van der Waals surface area (Å²) in [6.45, 7) is 4.21. The minimum absolute atomic E-state index is 0.984. The van der Waals surface area contributed by atoms with Crippen LogP contribution in [-0.4, -0.2) is 22.4 Å². The van der Waals surface area contributed by atoms with Gasteiger partial charge in [-0.05, 0) is 12.1 Å². The summed E-state index contributed by atoms with van der Waals surface area (Å²) in [6, 6.07) is 1.97. The highest BCUT2D eigenvalue weighted by Crippen LogP contribution is 2.11. The highest BCUT2D eigenvalue weighted by atomic mass is 29.2. The van der Waals surface area contributed by atoms with E-state index in [2.05, 4.69) is 23.6 Å². The number of hydrogen-bond acceptors (Lipinski definition) is 1. The van der Waals surface area contributed by atoms with Crippen molar-refractivity contribution in [2.45, 2.75) is 38.8 Å². The smallest absolute Gasteiger partial charge is 0.166 e. The van der Waals surface area contributed by atoms with Crippen LogP contribution in [0.3, 0.4) is 0 Å². The molecule has 9 heavy (non-hydrogen) atoms. The van der Waals surface area contributed by atoms with E-state index in [4.69, 9.17) is 0 Å². The van der Waals surface area contributed by atoms with Crippen molar-refractivity contribution in [3.63, 3.8) is 0 Å². The second-order valence-corrected chi connectivity index (χ2v) is 8.39. The molecule has 0 fully saturated rings.